The molecule has 0 unspecified atom stereocenters. The minimum Gasteiger partial charge on any atom is -0.480 e. The molecule has 2 aromatic heterocycles. The van der Waals surface area contributed by atoms with E-state index in [1.807, 2.05) is 0 Å². The second-order valence-corrected chi connectivity index (χ2v) is 8.58. The highest BCUT2D eigenvalue weighted by Crippen LogP contribution is 2.29. The van der Waals surface area contributed by atoms with Gasteiger partial charge in [-0.15, -0.1) is 0 Å². The van der Waals surface area contributed by atoms with Crippen molar-refractivity contribution < 1.29 is 28.3 Å². The number of nitrogens with one attached hydrogen (secondary N) is 2. The zero-order valence-corrected chi connectivity index (χ0v) is 20.1. The number of carboxylic acids is 1. The number of halogens is 4. The zero-order valence-electron chi connectivity index (χ0n) is 18.6. The van der Waals surface area contributed by atoms with E-state index in [2.05, 4.69) is 20.6 Å². The number of benzene rings is 2. The molecule has 0 aliphatic heterocycles. The van der Waals surface area contributed by atoms with Crippen molar-refractivity contribution in [2.75, 3.05) is 5.32 Å². The van der Waals surface area contributed by atoms with Gasteiger partial charge in [0.15, 0.2) is 0 Å². The Morgan fingerprint density at radius 2 is 1.59 bits per heavy atom. The highest BCUT2D eigenvalue weighted by Gasteiger charge is 2.26. The first-order valence-corrected chi connectivity index (χ1v) is 11.4. The Bertz CT molecular complexity index is 1510. The van der Waals surface area contributed by atoms with Crippen LogP contribution in [-0.2, 0) is 11.2 Å². The van der Waals surface area contributed by atoms with Crippen LogP contribution in [0.25, 0.3) is 10.9 Å². The van der Waals surface area contributed by atoms with E-state index in [1.54, 1.807) is 18.2 Å². The third kappa shape index (κ3) is 5.50. The van der Waals surface area contributed by atoms with Gasteiger partial charge in [0.2, 0.25) is 0 Å². The molecule has 0 fully saturated rings. The van der Waals surface area contributed by atoms with Crippen molar-refractivity contribution in [3.05, 3.63) is 99.4 Å². The SMILES string of the molecule is O=C(N[C@@H](Cc1ccc(NC(=O)c2c(Cl)cncc2Cl)c2ncccc12)C(=O)O)c1c(F)cccc1F. The van der Waals surface area contributed by atoms with Gasteiger partial charge in [0.1, 0.15) is 23.2 Å². The molecular formula is C25H16Cl2F2N4O4. The van der Waals surface area contributed by atoms with Crippen molar-refractivity contribution in [2.45, 2.75) is 12.5 Å². The standard InChI is InChI=1S/C25H16Cl2F2N4O4/c26-14-10-30-11-15(27)20(14)23(34)32-18-7-6-12(13-3-2-8-31-22(13)18)9-19(25(36)37)33-24(35)21-16(28)4-1-5-17(21)29/h1-8,10-11,19H,9H2,(H,32,34)(H,33,35)(H,36,37)/t19-/m0/s1. The van der Waals surface area contributed by atoms with Gasteiger partial charge in [-0.3, -0.25) is 19.6 Å². The second kappa shape index (κ2) is 10.9. The van der Waals surface area contributed by atoms with E-state index >= 15 is 0 Å². The second-order valence-electron chi connectivity index (χ2n) is 7.77. The average Bonchev–Trinajstić information content (AvgIpc) is 2.84. The van der Waals surface area contributed by atoms with E-state index in [-0.39, 0.29) is 27.7 Å². The van der Waals surface area contributed by atoms with E-state index < -0.39 is 41.0 Å². The van der Waals surface area contributed by atoms with Crippen LogP contribution in [0.5, 0.6) is 0 Å². The van der Waals surface area contributed by atoms with E-state index in [0.717, 1.165) is 18.2 Å². The Balaban J connectivity index is 1.63. The molecule has 0 spiro atoms. The van der Waals surface area contributed by atoms with Gasteiger partial charge in [0.25, 0.3) is 11.8 Å². The zero-order chi connectivity index (χ0) is 26.7. The van der Waals surface area contributed by atoms with Gasteiger partial charge in [0, 0.05) is 30.4 Å². The minimum absolute atomic E-state index is 0.0144. The average molecular weight is 545 g/mol. The number of carboxylic acid groups (broad SMARTS) is 1. The molecule has 4 aromatic rings. The number of pyridine rings is 2. The van der Waals surface area contributed by atoms with Crippen LogP contribution in [0.4, 0.5) is 14.5 Å². The molecule has 0 saturated heterocycles. The first kappa shape index (κ1) is 25.9. The first-order chi connectivity index (χ1) is 17.7. The van der Waals surface area contributed by atoms with Gasteiger partial charge in [-0.05, 0) is 29.8 Å². The number of hydrogen-bond acceptors (Lipinski definition) is 5. The number of aromatic nitrogens is 2. The number of carbonyl (C=O) groups is 3. The lowest BCUT2D eigenvalue weighted by Crippen LogP contribution is -2.43. The molecule has 12 heteroatoms. The van der Waals surface area contributed by atoms with Crippen molar-refractivity contribution in [3.8, 4) is 0 Å². The molecule has 0 aliphatic rings. The van der Waals surface area contributed by atoms with Crippen LogP contribution < -0.4 is 10.6 Å². The fourth-order valence-corrected chi connectivity index (χ4v) is 4.23. The molecule has 37 heavy (non-hydrogen) atoms. The molecule has 8 nitrogen and oxygen atoms in total. The fraction of sp³-hybridized carbons (Fsp3) is 0.0800. The summed E-state index contributed by atoms with van der Waals surface area (Å²) in [7, 11) is 0. The van der Waals surface area contributed by atoms with Crippen LogP contribution in [0.1, 0.15) is 26.3 Å². The molecule has 0 radical (unpaired) electrons. The maximum Gasteiger partial charge on any atom is 0.326 e. The molecule has 0 bridgehead atoms. The molecular weight excluding hydrogens is 529 g/mol. The third-order valence-corrected chi connectivity index (χ3v) is 5.98. The Kier molecular flexibility index (Phi) is 7.61. The van der Waals surface area contributed by atoms with Crippen LogP contribution in [0.15, 0.2) is 61.1 Å². The van der Waals surface area contributed by atoms with Gasteiger partial charge >= 0.3 is 5.97 Å². The summed E-state index contributed by atoms with van der Waals surface area (Å²) in [5.41, 5.74) is 0.193. The van der Waals surface area contributed by atoms with E-state index in [9.17, 15) is 28.3 Å². The monoisotopic (exact) mass is 544 g/mol. The number of hydrogen-bond donors (Lipinski definition) is 3. The number of aliphatic carboxylic acids is 1. The number of anilines is 1. The summed E-state index contributed by atoms with van der Waals surface area (Å²) in [6.07, 6.45) is 3.78. The number of rotatable bonds is 7. The van der Waals surface area contributed by atoms with Crippen LogP contribution in [0, 0.1) is 11.6 Å². The first-order valence-electron chi connectivity index (χ1n) is 10.6. The Hall–Kier alpha value is -4.15. The van der Waals surface area contributed by atoms with E-state index in [0.29, 0.717) is 16.5 Å². The van der Waals surface area contributed by atoms with Crippen LogP contribution in [-0.4, -0.2) is 38.9 Å². The molecule has 2 aromatic carbocycles. The molecule has 188 valence electrons. The molecule has 2 heterocycles. The maximum absolute atomic E-state index is 14.0. The summed E-state index contributed by atoms with van der Waals surface area (Å²) < 4.78 is 28.0. The van der Waals surface area contributed by atoms with Gasteiger partial charge in [0.05, 0.1) is 26.8 Å². The van der Waals surface area contributed by atoms with Crippen LogP contribution >= 0.6 is 23.2 Å². The van der Waals surface area contributed by atoms with Crippen molar-refractivity contribution in [1.29, 1.82) is 0 Å². The van der Waals surface area contributed by atoms with Crippen molar-refractivity contribution in [1.82, 2.24) is 15.3 Å². The number of amides is 2. The fourth-order valence-electron chi connectivity index (χ4n) is 3.69. The molecule has 2 amide bonds. The summed E-state index contributed by atoms with van der Waals surface area (Å²) >= 11 is 12.1. The lowest BCUT2D eigenvalue weighted by Gasteiger charge is -2.17. The predicted octanol–water partition coefficient (Wildman–Crippen LogP) is 4.89. The summed E-state index contributed by atoms with van der Waals surface area (Å²) in [6.45, 7) is 0. The van der Waals surface area contributed by atoms with Gasteiger partial charge in [-0.2, -0.15) is 0 Å². The van der Waals surface area contributed by atoms with E-state index in [4.69, 9.17) is 23.2 Å². The highest BCUT2D eigenvalue weighted by atomic mass is 35.5. The minimum atomic E-state index is -1.52. The summed E-state index contributed by atoms with van der Waals surface area (Å²) in [5.74, 6) is -5.47. The summed E-state index contributed by atoms with van der Waals surface area (Å²) in [5, 5.41) is 15.1. The largest absolute Gasteiger partial charge is 0.480 e. The Morgan fingerprint density at radius 1 is 0.919 bits per heavy atom. The smallest absolute Gasteiger partial charge is 0.326 e. The normalized spacial score (nSPS) is 11.7. The molecule has 1 atom stereocenters. The lowest BCUT2D eigenvalue weighted by atomic mass is 9.99. The molecule has 3 N–H and O–H groups in total. The lowest BCUT2D eigenvalue weighted by molar-refractivity contribution is -0.139. The maximum atomic E-state index is 14.0. The summed E-state index contributed by atoms with van der Waals surface area (Å²) in [6, 6.07) is 7.66. The Morgan fingerprint density at radius 3 is 2.24 bits per heavy atom. The number of nitrogens with zero attached hydrogens (tertiary/aromatic N) is 2. The number of carbonyl (C=O) groups excluding carboxylic acids is 2. The van der Waals surface area contributed by atoms with Crippen LogP contribution in [0.3, 0.4) is 0 Å². The van der Waals surface area contributed by atoms with Gasteiger partial charge in [-0.25, -0.2) is 13.6 Å². The van der Waals surface area contributed by atoms with Crippen molar-refractivity contribution >= 4 is 57.6 Å². The topological polar surface area (TPSA) is 121 Å². The van der Waals surface area contributed by atoms with E-state index in [1.165, 1.54) is 24.7 Å². The Labute approximate surface area is 218 Å². The predicted molar refractivity (Wildman–Crippen MR) is 133 cm³/mol. The van der Waals surface area contributed by atoms with Crippen LogP contribution in [0.2, 0.25) is 10.0 Å². The third-order valence-electron chi connectivity index (χ3n) is 5.41. The molecule has 0 aliphatic carbocycles. The summed E-state index contributed by atoms with van der Waals surface area (Å²) in [4.78, 5) is 45.3. The van der Waals surface area contributed by atoms with Gasteiger partial charge < -0.3 is 15.7 Å². The van der Waals surface area contributed by atoms with Crippen molar-refractivity contribution in [3.63, 3.8) is 0 Å². The van der Waals surface area contributed by atoms with Crippen molar-refractivity contribution in [2.24, 2.45) is 0 Å². The molecule has 0 saturated carbocycles. The quantitative estimate of drug-likeness (QED) is 0.304. The van der Waals surface area contributed by atoms with Gasteiger partial charge in [-0.1, -0.05) is 41.4 Å². The highest BCUT2D eigenvalue weighted by molar-refractivity contribution is 6.40. The number of fused-ring (bicyclic) bond motifs is 1. The molecule has 4 rings (SSSR count).